The number of carbonyl (C=O) groups is 1. The molecule has 1 N–H and O–H groups in total. The number of rotatable bonds is 6. The Morgan fingerprint density at radius 1 is 1.13 bits per heavy atom. The third-order valence-electron chi connectivity index (χ3n) is 5.27. The molecule has 9 nitrogen and oxygen atoms in total. The fourth-order valence-electron chi connectivity index (χ4n) is 3.60. The van der Waals surface area contributed by atoms with Crippen LogP contribution in [0.1, 0.15) is 29.7 Å². The molecule has 160 valence electrons. The normalized spacial score (nSPS) is 15.2. The Labute approximate surface area is 179 Å². The monoisotopic (exact) mass is 421 g/mol. The lowest BCUT2D eigenvalue weighted by Gasteiger charge is -2.27. The Morgan fingerprint density at radius 2 is 1.94 bits per heavy atom. The van der Waals surface area contributed by atoms with Gasteiger partial charge in [-0.3, -0.25) is 0 Å². The van der Waals surface area contributed by atoms with Gasteiger partial charge in [0.25, 0.3) is 0 Å². The zero-order chi connectivity index (χ0) is 22.0. The first-order valence-corrected chi connectivity index (χ1v) is 9.72. The molecular formula is C22H23N5O4. The van der Waals surface area contributed by atoms with Gasteiger partial charge in [-0.25, -0.2) is 4.79 Å². The number of anilines is 1. The lowest BCUT2D eigenvalue weighted by Crippen LogP contribution is -2.29. The van der Waals surface area contributed by atoms with Crippen LogP contribution < -0.4 is 14.8 Å². The molecule has 0 bridgehead atoms. The molecule has 0 amide bonds. The summed E-state index contributed by atoms with van der Waals surface area (Å²) < 4.78 is 18.2. The summed E-state index contributed by atoms with van der Waals surface area (Å²) in [5, 5.41) is 14.8. The molecule has 1 aliphatic heterocycles. The third kappa shape index (κ3) is 3.81. The highest BCUT2D eigenvalue weighted by atomic mass is 16.5. The molecule has 4 rings (SSSR count). The number of carbonyl (C=O) groups excluding carboxylic acids is 1. The number of esters is 1. The van der Waals surface area contributed by atoms with Crippen LogP contribution in [0.25, 0.3) is 0 Å². The zero-order valence-electron chi connectivity index (χ0n) is 17.7. The van der Waals surface area contributed by atoms with Gasteiger partial charge in [-0.1, -0.05) is 35.4 Å². The third-order valence-corrected chi connectivity index (χ3v) is 5.27. The molecular weight excluding hydrogens is 398 g/mol. The highest BCUT2D eigenvalue weighted by Crippen LogP contribution is 2.38. The van der Waals surface area contributed by atoms with Crippen LogP contribution in [-0.4, -0.2) is 40.4 Å². The van der Waals surface area contributed by atoms with Crippen LogP contribution >= 0.6 is 0 Å². The minimum absolute atomic E-state index is 0.415. The predicted octanol–water partition coefficient (Wildman–Crippen LogP) is 3.03. The van der Waals surface area contributed by atoms with Gasteiger partial charge >= 0.3 is 5.97 Å². The summed E-state index contributed by atoms with van der Waals surface area (Å²) in [6, 6.07) is 13.0. The van der Waals surface area contributed by atoms with Crippen molar-refractivity contribution in [3.8, 4) is 11.5 Å². The van der Waals surface area contributed by atoms with E-state index < -0.39 is 12.0 Å². The average molecular weight is 421 g/mol. The molecule has 1 aromatic heterocycles. The number of hydrogen-bond donors (Lipinski definition) is 1. The van der Waals surface area contributed by atoms with Crippen LogP contribution in [-0.2, 0) is 16.1 Å². The van der Waals surface area contributed by atoms with Crippen LogP contribution in [0.3, 0.4) is 0 Å². The average Bonchev–Trinajstić information content (AvgIpc) is 3.25. The topological polar surface area (TPSA) is 100 Å². The molecule has 0 aliphatic carbocycles. The Bertz CT molecular complexity index is 1150. The van der Waals surface area contributed by atoms with Gasteiger partial charge in [0, 0.05) is 5.70 Å². The summed E-state index contributed by atoms with van der Waals surface area (Å²) in [5.74, 6) is 1.12. The second-order valence-electron chi connectivity index (χ2n) is 7.13. The first kappa shape index (κ1) is 20.4. The van der Waals surface area contributed by atoms with Crippen molar-refractivity contribution in [2.75, 3.05) is 19.5 Å². The van der Waals surface area contributed by atoms with Crippen molar-refractivity contribution < 1.29 is 19.0 Å². The van der Waals surface area contributed by atoms with Crippen molar-refractivity contribution in [1.29, 1.82) is 0 Å². The van der Waals surface area contributed by atoms with Crippen molar-refractivity contribution in [3.05, 3.63) is 70.4 Å². The molecule has 0 saturated heterocycles. The Kier molecular flexibility index (Phi) is 5.57. The predicted molar refractivity (Wildman–Crippen MR) is 113 cm³/mol. The maximum absolute atomic E-state index is 12.5. The maximum Gasteiger partial charge on any atom is 0.338 e. The van der Waals surface area contributed by atoms with Crippen molar-refractivity contribution in [2.24, 2.45) is 0 Å². The molecule has 0 fully saturated rings. The number of fused-ring (bicyclic) bond motifs is 1. The minimum Gasteiger partial charge on any atom is -0.493 e. The number of aryl methyl sites for hydroxylation is 1. The van der Waals surface area contributed by atoms with E-state index >= 15 is 0 Å². The van der Waals surface area contributed by atoms with Gasteiger partial charge in [0.2, 0.25) is 5.95 Å². The molecule has 0 radical (unpaired) electrons. The number of allylic oxidation sites excluding steroid dienone is 1. The minimum atomic E-state index is -0.571. The van der Waals surface area contributed by atoms with E-state index in [1.165, 1.54) is 7.11 Å². The van der Waals surface area contributed by atoms with E-state index in [0.717, 1.165) is 16.7 Å². The summed E-state index contributed by atoms with van der Waals surface area (Å²) >= 11 is 0. The highest BCUT2D eigenvalue weighted by Gasteiger charge is 2.35. The van der Waals surface area contributed by atoms with Gasteiger partial charge < -0.3 is 19.5 Å². The molecule has 3 aromatic rings. The number of methoxy groups -OCH3 is 2. The first-order valence-electron chi connectivity index (χ1n) is 9.72. The van der Waals surface area contributed by atoms with Gasteiger partial charge in [0.15, 0.2) is 11.5 Å². The molecule has 0 spiro atoms. The number of benzene rings is 2. The van der Waals surface area contributed by atoms with Crippen molar-refractivity contribution >= 4 is 11.9 Å². The van der Waals surface area contributed by atoms with Crippen LogP contribution in [0.15, 0.2) is 53.7 Å². The number of nitrogens with one attached hydrogen (secondary N) is 1. The van der Waals surface area contributed by atoms with Crippen LogP contribution in [0.4, 0.5) is 5.95 Å². The van der Waals surface area contributed by atoms with Gasteiger partial charge in [0.05, 0.1) is 19.8 Å². The van der Waals surface area contributed by atoms with Gasteiger partial charge in [-0.2, -0.15) is 4.68 Å². The second-order valence-corrected chi connectivity index (χ2v) is 7.13. The quantitative estimate of drug-likeness (QED) is 0.606. The van der Waals surface area contributed by atoms with E-state index in [9.17, 15) is 4.79 Å². The van der Waals surface area contributed by atoms with Crippen LogP contribution in [0, 0.1) is 6.92 Å². The van der Waals surface area contributed by atoms with Gasteiger partial charge in [-0.15, -0.1) is 0 Å². The second kappa shape index (κ2) is 8.47. The maximum atomic E-state index is 12.5. The van der Waals surface area contributed by atoms with E-state index in [0.29, 0.717) is 35.3 Å². The number of tetrazole rings is 1. The molecule has 9 heteroatoms. The molecule has 1 aliphatic rings. The number of nitrogens with zero attached hydrogens (tertiary/aromatic N) is 4. The summed E-state index contributed by atoms with van der Waals surface area (Å²) in [7, 11) is 2.92. The summed E-state index contributed by atoms with van der Waals surface area (Å²) in [4.78, 5) is 12.5. The first-order chi connectivity index (χ1) is 15.0. The summed E-state index contributed by atoms with van der Waals surface area (Å²) in [5.41, 5.74) is 4.05. The van der Waals surface area contributed by atoms with E-state index in [-0.39, 0.29) is 0 Å². The lowest BCUT2D eigenvalue weighted by atomic mass is 9.95. The zero-order valence-corrected chi connectivity index (χ0v) is 17.7. The molecule has 31 heavy (non-hydrogen) atoms. The van der Waals surface area contributed by atoms with E-state index in [4.69, 9.17) is 14.2 Å². The van der Waals surface area contributed by atoms with Crippen molar-refractivity contribution in [1.82, 2.24) is 20.2 Å². The number of hydrogen-bond acceptors (Lipinski definition) is 8. The van der Waals surface area contributed by atoms with E-state index in [2.05, 4.69) is 20.8 Å². The standard InChI is InChI=1S/C22H23N5O4/c1-13-7-5-6-8-16(13)12-31-17-10-9-15(11-18(17)29-3)20-19(21(28)30-4)14(2)23-22-24-25-26-27(20)22/h5-11,20H,12H2,1-4H3,(H,23,24,26). The van der Waals surface area contributed by atoms with Gasteiger partial charge in [0.1, 0.15) is 12.6 Å². The molecule has 1 unspecified atom stereocenters. The van der Waals surface area contributed by atoms with Crippen LogP contribution in [0.2, 0.25) is 0 Å². The SMILES string of the molecule is COC(=O)C1=C(C)Nc2nnnn2C1c1ccc(OCc2ccccc2C)c(OC)c1. The number of aromatic nitrogens is 4. The molecule has 0 saturated carbocycles. The summed E-state index contributed by atoms with van der Waals surface area (Å²) in [6.07, 6.45) is 0. The van der Waals surface area contributed by atoms with Crippen molar-refractivity contribution in [2.45, 2.75) is 26.5 Å². The van der Waals surface area contributed by atoms with E-state index in [1.54, 1.807) is 18.7 Å². The fraction of sp³-hybridized carbons (Fsp3) is 0.273. The largest absolute Gasteiger partial charge is 0.493 e. The smallest absolute Gasteiger partial charge is 0.338 e. The summed E-state index contributed by atoms with van der Waals surface area (Å²) in [6.45, 7) is 4.25. The molecule has 2 heterocycles. The highest BCUT2D eigenvalue weighted by molar-refractivity contribution is 5.92. The fourth-order valence-corrected chi connectivity index (χ4v) is 3.60. The van der Waals surface area contributed by atoms with Crippen LogP contribution in [0.5, 0.6) is 11.5 Å². The van der Waals surface area contributed by atoms with Gasteiger partial charge in [-0.05, 0) is 53.1 Å². The van der Waals surface area contributed by atoms with Crippen molar-refractivity contribution in [3.63, 3.8) is 0 Å². The Balaban J connectivity index is 1.69. The molecule has 1 atom stereocenters. The molecule has 2 aromatic carbocycles. The van der Waals surface area contributed by atoms with E-state index in [1.807, 2.05) is 49.4 Å². The Morgan fingerprint density at radius 3 is 2.68 bits per heavy atom. The Hall–Kier alpha value is -3.88. The number of ether oxygens (including phenoxy) is 3. The lowest BCUT2D eigenvalue weighted by molar-refractivity contribution is -0.136.